The largest absolute Gasteiger partial charge is 0.388 e. The third-order valence-corrected chi connectivity index (χ3v) is 6.44. The van der Waals surface area contributed by atoms with E-state index < -0.39 is 84.3 Å². The molecule has 0 bridgehead atoms. The second kappa shape index (κ2) is 7.58. The zero-order valence-electron chi connectivity index (χ0n) is 27.1. The van der Waals surface area contributed by atoms with Crippen molar-refractivity contribution in [1.29, 1.82) is 0 Å². The first kappa shape index (κ1) is 11.5. The van der Waals surface area contributed by atoms with Gasteiger partial charge in [0.25, 0.3) is 5.56 Å². The van der Waals surface area contributed by atoms with Crippen molar-refractivity contribution in [2.24, 2.45) is 0 Å². The highest BCUT2D eigenvalue weighted by atomic mass is 32.2. The quantitative estimate of drug-likeness (QED) is 0.729. The van der Waals surface area contributed by atoms with Crippen molar-refractivity contribution in [2.75, 3.05) is 24.7 Å². The number of hydrogen-bond donors (Lipinski definition) is 2. The van der Waals surface area contributed by atoms with Gasteiger partial charge in [0.1, 0.15) is 5.65 Å². The highest BCUT2D eigenvalue weighted by Crippen LogP contribution is 2.39. The van der Waals surface area contributed by atoms with Gasteiger partial charge in [-0.3, -0.25) is 9.36 Å². The number of anilines is 1. The van der Waals surface area contributed by atoms with Crippen LogP contribution in [-0.2, 0) is 10.0 Å². The van der Waals surface area contributed by atoms with E-state index in [1.165, 1.54) is 0 Å². The van der Waals surface area contributed by atoms with E-state index >= 15 is 0 Å². The van der Waals surface area contributed by atoms with Crippen LogP contribution in [0.3, 0.4) is 0 Å². The number of hydrogen-bond acceptors (Lipinski definition) is 7. The van der Waals surface area contributed by atoms with Gasteiger partial charge in [-0.25, -0.2) is 17.7 Å². The fourth-order valence-electron chi connectivity index (χ4n) is 3.67. The van der Waals surface area contributed by atoms with E-state index in [-0.39, 0.29) is 30.3 Å². The van der Waals surface area contributed by atoms with Gasteiger partial charge in [0, 0.05) is 50.0 Å². The van der Waals surface area contributed by atoms with E-state index in [0.29, 0.717) is 4.31 Å². The summed E-state index contributed by atoms with van der Waals surface area (Å²) < 4.78 is 115. The van der Waals surface area contributed by atoms with E-state index in [0.717, 1.165) is 23.1 Å². The molecular weight excluding hydrogens is 406 g/mol. The molecule has 1 saturated heterocycles. The lowest BCUT2D eigenvalue weighted by molar-refractivity contribution is 0.0266. The van der Waals surface area contributed by atoms with Crippen LogP contribution in [0.1, 0.15) is 65.5 Å². The Morgan fingerprint density at radius 3 is 2.87 bits per heavy atom. The lowest BCUT2D eigenvalue weighted by Crippen LogP contribution is -2.42. The SMILES string of the molecule is [2H]C([2H])([2H])c1cc2cnc(NC3([2H])C([2H])([2H])CN(S(C)(=O)=O)CC3([2H])[2H])nc2n([C@H]2CCC[C@@]2(O)C([2H])([2H])[2H])c1=O. The standard InChI is InChI=1S/C20H29N5O4S/c1-13-11-14-12-21-19(22-15-6-9-24(10-7-15)30(3,28)29)23-17(14)25(18(13)26)16-5-4-8-20(16,2)27/h11-12,15-16,27H,4-10H2,1-3H3,(H,21,22,23)/t16-,20-/m0/s1/i1D3,2D3,6D2,7D2,15D. The van der Waals surface area contributed by atoms with E-state index in [9.17, 15) is 18.3 Å². The zero-order valence-corrected chi connectivity index (χ0v) is 17.0. The van der Waals surface area contributed by atoms with Gasteiger partial charge in [0.2, 0.25) is 16.0 Å². The number of aromatic nitrogens is 3. The number of rotatable bonds is 4. The minimum absolute atomic E-state index is 0.0179. The molecule has 3 heterocycles. The molecule has 0 unspecified atom stereocenters. The summed E-state index contributed by atoms with van der Waals surface area (Å²) in [6, 6.07) is -3.30. The predicted octanol–water partition coefficient (Wildman–Crippen LogP) is 1.41. The van der Waals surface area contributed by atoms with Crippen LogP contribution >= 0.6 is 0 Å². The zero-order chi connectivity index (χ0) is 31.2. The molecule has 1 aliphatic heterocycles. The average Bonchev–Trinajstić information content (AvgIpc) is 3.18. The number of pyridine rings is 1. The monoisotopic (exact) mass is 446 g/mol. The first-order valence-corrected chi connectivity index (χ1v) is 11.1. The number of nitrogens with zero attached hydrogens (tertiary/aromatic N) is 4. The van der Waals surface area contributed by atoms with Gasteiger partial charge in [-0.15, -0.1) is 0 Å². The molecule has 0 amide bonds. The summed E-state index contributed by atoms with van der Waals surface area (Å²) in [5.41, 5.74) is -4.55. The second-order valence-corrected chi connectivity index (χ2v) is 9.41. The topological polar surface area (TPSA) is 117 Å². The van der Waals surface area contributed by atoms with Gasteiger partial charge < -0.3 is 10.4 Å². The van der Waals surface area contributed by atoms with Gasteiger partial charge >= 0.3 is 0 Å². The molecule has 4 rings (SSSR count). The van der Waals surface area contributed by atoms with Gasteiger partial charge in [0.05, 0.1) is 19.3 Å². The first-order chi connectivity index (χ1) is 18.4. The van der Waals surface area contributed by atoms with E-state index in [4.69, 9.17) is 15.1 Å². The molecule has 9 nitrogen and oxygen atoms in total. The van der Waals surface area contributed by atoms with E-state index in [1.807, 2.05) is 0 Å². The summed E-state index contributed by atoms with van der Waals surface area (Å²) in [5.74, 6) is -0.571. The lowest BCUT2D eigenvalue weighted by Gasteiger charge is -2.31. The van der Waals surface area contributed by atoms with Crippen LogP contribution in [0.25, 0.3) is 11.0 Å². The van der Waals surface area contributed by atoms with E-state index in [2.05, 4.69) is 15.3 Å². The lowest BCUT2D eigenvalue weighted by atomic mass is 9.99. The maximum absolute atomic E-state index is 13.5. The molecule has 30 heavy (non-hydrogen) atoms. The molecule has 0 spiro atoms. The van der Waals surface area contributed by atoms with Gasteiger partial charge in [-0.2, -0.15) is 4.98 Å². The fourth-order valence-corrected chi connectivity index (χ4v) is 4.27. The number of aliphatic hydroxyl groups is 1. The van der Waals surface area contributed by atoms with Crippen molar-refractivity contribution in [2.45, 2.75) is 63.4 Å². The summed E-state index contributed by atoms with van der Waals surface area (Å²) in [7, 11) is -4.02. The normalized spacial score (nSPS) is 37.0. The fraction of sp³-hybridized carbons (Fsp3) is 0.650. The van der Waals surface area contributed by atoms with Crippen LogP contribution in [0.15, 0.2) is 17.1 Å². The van der Waals surface area contributed by atoms with Crippen molar-refractivity contribution in [1.82, 2.24) is 18.8 Å². The smallest absolute Gasteiger partial charge is 0.255 e. The molecule has 2 aliphatic rings. The van der Waals surface area contributed by atoms with Crippen LogP contribution in [0.5, 0.6) is 0 Å². The summed E-state index contributed by atoms with van der Waals surface area (Å²) >= 11 is 0. The molecule has 0 aromatic carbocycles. The Balaban J connectivity index is 1.92. The molecule has 2 fully saturated rings. The van der Waals surface area contributed by atoms with Crippen molar-refractivity contribution < 1.29 is 28.6 Å². The molecule has 1 aliphatic carbocycles. The minimum atomic E-state index is -4.02. The number of piperidine rings is 1. The summed E-state index contributed by atoms with van der Waals surface area (Å²) in [5, 5.41) is 13.5. The maximum Gasteiger partial charge on any atom is 0.255 e. The second-order valence-electron chi connectivity index (χ2n) is 7.42. The van der Waals surface area contributed by atoms with Crippen molar-refractivity contribution in [3.63, 3.8) is 0 Å². The van der Waals surface area contributed by atoms with Crippen LogP contribution in [0, 0.1) is 6.85 Å². The molecule has 2 aromatic rings. The van der Waals surface area contributed by atoms with Gasteiger partial charge in [-0.1, -0.05) is 0 Å². The average molecular weight is 447 g/mol. The van der Waals surface area contributed by atoms with Crippen molar-refractivity contribution in [3.8, 4) is 0 Å². The number of sulfonamides is 1. The van der Waals surface area contributed by atoms with Crippen molar-refractivity contribution in [3.05, 3.63) is 28.2 Å². The Morgan fingerprint density at radius 1 is 1.43 bits per heavy atom. The van der Waals surface area contributed by atoms with Crippen LogP contribution < -0.4 is 10.9 Å². The third-order valence-electron chi connectivity index (χ3n) is 5.24. The Bertz CT molecular complexity index is 1520. The summed E-state index contributed by atoms with van der Waals surface area (Å²) in [4.78, 5) is 21.7. The summed E-state index contributed by atoms with van der Waals surface area (Å²) in [6.07, 6.45) is -3.90. The predicted molar refractivity (Wildman–Crippen MR) is 115 cm³/mol. The maximum atomic E-state index is 13.5. The number of fused-ring (bicyclic) bond motifs is 1. The van der Waals surface area contributed by atoms with E-state index in [1.54, 1.807) is 0 Å². The van der Waals surface area contributed by atoms with Crippen molar-refractivity contribution >= 4 is 27.0 Å². The molecule has 10 heteroatoms. The van der Waals surface area contributed by atoms with Crippen LogP contribution in [0.4, 0.5) is 5.95 Å². The first-order valence-electron chi connectivity index (χ1n) is 14.7. The minimum Gasteiger partial charge on any atom is -0.388 e. The van der Waals surface area contributed by atoms with Crippen LogP contribution in [0.2, 0.25) is 0 Å². The molecule has 2 N–H and O–H groups in total. The number of nitrogens with one attached hydrogen (secondary N) is 1. The Kier molecular flexibility index (Phi) is 2.92. The Morgan fingerprint density at radius 2 is 2.20 bits per heavy atom. The highest BCUT2D eigenvalue weighted by Gasteiger charge is 2.39. The van der Waals surface area contributed by atoms with Gasteiger partial charge in [0.15, 0.2) is 0 Å². The van der Waals surface area contributed by atoms with Gasteiger partial charge in [-0.05, 0) is 51.8 Å². The molecule has 2 aromatic heterocycles. The molecule has 2 atom stereocenters. The summed E-state index contributed by atoms with van der Waals surface area (Å²) in [6.45, 7) is -7.62. The highest BCUT2D eigenvalue weighted by molar-refractivity contribution is 7.88. The third kappa shape index (κ3) is 3.95. The Hall–Kier alpha value is -2.04. The molecule has 164 valence electrons. The Labute approximate surface area is 191 Å². The van der Waals surface area contributed by atoms with Crippen LogP contribution in [-0.4, -0.2) is 63.3 Å². The molecular formula is C20H29N5O4S. The number of aryl methyl sites for hydroxylation is 1. The molecule has 0 radical (unpaired) electrons. The molecule has 1 saturated carbocycles.